The van der Waals surface area contributed by atoms with Crippen molar-refractivity contribution in [1.29, 1.82) is 0 Å². The van der Waals surface area contributed by atoms with Gasteiger partial charge in [-0.05, 0) is 12.1 Å². The third-order valence-corrected chi connectivity index (χ3v) is 2.05. The van der Waals surface area contributed by atoms with Crippen LogP contribution in [0.2, 0.25) is 0 Å². The summed E-state index contributed by atoms with van der Waals surface area (Å²) >= 11 is 0. The fraction of sp³-hybridized carbons (Fsp3) is 0.400. The molecule has 0 aromatic carbocycles. The number of hydrogen-bond donors (Lipinski definition) is 1. The van der Waals surface area contributed by atoms with Crippen molar-refractivity contribution < 1.29 is 4.42 Å². The van der Waals surface area contributed by atoms with Gasteiger partial charge in [-0.2, -0.15) is 0 Å². The van der Waals surface area contributed by atoms with Crippen LogP contribution in [0.15, 0.2) is 21.3 Å². The van der Waals surface area contributed by atoms with Crippen molar-refractivity contribution in [2.24, 2.45) is 0 Å². The van der Waals surface area contributed by atoms with Crippen LogP contribution in [0.25, 0.3) is 11.2 Å². The summed E-state index contributed by atoms with van der Waals surface area (Å²) in [7, 11) is 0. The molecule has 0 saturated carbocycles. The fourth-order valence-corrected chi connectivity index (χ4v) is 1.26. The maximum Gasteiger partial charge on any atom is 0.418 e. The van der Waals surface area contributed by atoms with Crippen molar-refractivity contribution in [3.05, 3.63) is 28.4 Å². The van der Waals surface area contributed by atoms with E-state index in [0.717, 1.165) is 5.69 Å². The summed E-state index contributed by atoms with van der Waals surface area (Å²) in [6.45, 7) is 6.21. The van der Waals surface area contributed by atoms with E-state index in [1.165, 1.54) is 0 Å². The monoisotopic (exact) mass is 192 g/mol. The number of pyridine rings is 1. The van der Waals surface area contributed by atoms with Crippen LogP contribution in [0, 0.1) is 0 Å². The topological polar surface area (TPSA) is 58.9 Å². The van der Waals surface area contributed by atoms with Gasteiger partial charge in [0.05, 0.1) is 0 Å². The minimum atomic E-state index is -0.460. The number of nitrogens with one attached hydrogen (secondary N) is 1. The van der Waals surface area contributed by atoms with Crippen LogP contribution in [0.5, 0.6) is 0 Å². The van der Waals surface area contributed by atoms with Crippen LogP contribution >= 0.6 is 0 Å². The van der Waals surface area contributed by atoms with E-state index in [0.29, 0.717) is 11.2 Å². The number of rotatable bonds is 0. The number of aromatic amines is 1. The Morgan fingerprint density at radius 2 is 2.07 bits per heavy atom. The highest BCUT2D eigenvalue weighted by Crippen LogP contribution is 2.21. The van der Waals surface area contributed by atoms with Gasteiger partial charge in [0.1, 0.15) is 0 Å². The minimum Gasteiger partial charge on any atom is -0.406 e. The minimum absolute atomic E-state index is 0.0254. The zero-order valence-electron chi connectivity index (χ0n) is 8.42. The van der Waals surface area contributed by atoms with E-state index in [4.69, 9.17) is 4.42 Å². The zero-order chi connectivity index (χ0) is 10.3. The first-order valence-electron chi connectivity index (χ1n) is 4.47. The van der Waals surface area contributed by atoms with Crippen molar-refractivity contribution in [3.63, 3.8) is 0 Å². The Labute approximate surface area is 81.0 Å². The molecule has 0 unspecified atom stereocenters. The van der Waals surface area contributed by atoms with Crippen LogP contribution in [-0.2, 0) is 5.41 Å². The second-order valence-corrected chi connectivity index (χ2v) is 4.31. The molecule has 0 aliphatic heterocycles. The van der Waals surface area contributed by atoms with Crippen molar-refractivity contribution in [1.82, 2.24) is 9.97 Å². The SMILES string of the molecule is CC(C)(C)c1ccc2oc(=O)[nH]c2n1. The number of nitrogens with zero attached hydrogens (tertiary/aromatic N) is 1. The highest BCUT2D eigenvalue weighted by atomic mass is 16.4. The summed E-state index contributed by atoms with van der Waals surface area (Å²) < 4.78 is 4.86. The van der Waals surface area contributed by atoms with Crippen LogP contribution in [0.1, 0.15) is 26.5 Å². The lowest BCUT2D eigenvalue weighted by molar-refractivity contribution is 0.553. The van der Waals surface area contributed by atoms with Gasteiger partial charge in [0.25, 0.3) is 0 Å². The van der Waals surface area contributed by atoms with E-state index in [-0.39, 0.29) is 5.41 Å². The Hall–Kier alpha value is -1.58. The van der Waals surface area contributed by atoms with Crippen molar-refractivity contribution >= 4 is 11.2 Å². The van der Waals surface area contributed by atoms with Gasteiger partial charge in [-0.1, -0.05) is 20.8 Å². The number of H-pyrrole nitrogens is 1. The van der Waals surface area contributed by atoms with Crippen molar-refractivity contribution in [2.75, 3.05) is 0 Å². The van der Waals surface area contributed by atoms with Gasteiger partial charge in [0.2, 0.25) is 0 Å². The average Bonchev–Trinajstić information content (AvgIpc) is 2.41. The van der Waals surface area contributed by atoms with Gasteiger partial charge in [-0.3, -0.25) is 4.98 Å². The Morgan fingerprint density at radius 3 is 2.71 bits per heavy atom. The summed E-state index contributed by atoms with van der Waals surface area (Å²) in [5.41, 5.74) is 1.93. The lowest BCUT2D eigenvalue weighted by atomic mass is 9.92. The average molecular weight is 192 g/mol. The summed E-state index contributed by atoms with van der Waals surface area (Å²) in [6.07, 6.45) is 0. The van der Waals surface area contributed by atoms with E-state index in [2.05, 4.69) is 30.7 Å². The second-order valence-electron chi connectivity index (χ2n) is 4.31. The molecule has 0 atom stereocenters. The number of oxazole rings is 1. The lowest BCUT2D eigenvalue weighted by Gasteiger charge is -2.16. The van der Waals surface area contributed by atoms with Crippen molar-refractivity contribution in [3.8, 4) is 0 Å². The number of aromatic nitrogens is 2. The van der Waals surface area contributed by atoms with E-state index in [1.54, 1.807) is 6.07 Å². The van der Waals surface area contributed by atoms with Gasteiger partial charge in [0, 0.05) is 11.1 Å². The van der Waals surface area contributed by atoms with Crippen molar-refractivity contribution in [2.45, 2.75) is 26.2 Å². The Bertz CT molecular complexity index is 517. The lowest BCUT2D eigenvalue weighted by Crippen LogP contribution is -2.13. The standard InChI is InChI=1S/C10H12N2O2/c1-10(2,3)7-5-4-6-8(11-7)12-9(13)14-6/h4-5H,1-3H3,(H,11,12,13). The summed E-state index contributed by atoms with van der Waals surface area (Å²) in [4.78, 5) is 17.7. The van der Waals surface area contributed by atoms with Crippen LogP contribution in [0.3, 0.4) is 0 Å². The highest BCUT2D eigenvalue weighted by molar-refractivity contribution is 5.67. The van der Waals surface area contributed by atoms with E-state index in [9.17, 15) is 4.79 Å². The maximum atomic E-state index is 10.9. The molecule has 4 nitrogen and oxygen atoms in total. The molecule has 4 heteroatoms. The predicted molar refractivity (Wildman–Crippen MR) is 53.3 cm³/mol. The first-order valence-corrected chi connectivity index (χ1v) is 4.47. The molecule has 74 valence electrons. The number of fused-ring (bicyclic) bond motifs is 1. The molecular weight excluding hydrogens is 180 g/mol. The molecule has 2 aromatic heterocycles. The summed E-state index contributed by atoms with van der Waals surface area (Å²) in [5, 5.41) is 0. The smallest absolute Gasteiger partial charge is 0.406 e. The number of hydrogen-bond acceptors (Lipinski definition) is 3. The van der Waals surface area contributed by atoms with Crippen LogP contribution in [0.4, 0.5) is 0 Å². The molecule has 0 aliphatic carbocycles. The molecule has 1 N–H and O–H groups in total. The first kappa shape index (κ1) is 8.99. The summed E-state index contributed by atoms with van der Waals surface area (Å²) in [6, 6.07) is 3.64. The van der Waals surface area contributed by atoms with Crippen LogP contribution in [-0.4, -0.2) is 9.97 Å². The third-order valence-electron chi connectivity index (χ3n) is 2.05. The largest absolute Gasteiger partial charge is 0.418 e. The molecule has 0 amide bonds. The molecule has 0 bridgehead atoms. The Morgan fingerprint density at radius 1 is 1.36 bits per heavy atom. The molecule has 0 saturated heterocycles. The quantitative estimate of drug-likeness (QED) is 0.692. The van der Waals surface area contributed by atoms with Gasteiger partial charge < -0.3 is 4.42 Å². The molecule has 0 radical (unpaired) electrons. The molecule has 2 heterocycles. The van der Waals surface area contributed by atoms with E-state index < -0.39 is 5.76 Å². The van der Waals surface area contributed by atoms with Gasteiger partial charge >= 0.3 is 5.76 Å². The molecule has 2 rings (SSSR count). The maximum absolute atomic E-state index is 10.9. The van der Waals surface area contributed by atoms with E-state index >= 15 is 0 Å². The highest BCUT2D eigenvalue weighted by Gasteiger charge is 2.16. The fourth-order valence-electron chi connectivity index (χ4n) is 1.26. The molecule has 0 fully saturated rings. The van der Waals surface area contributed by atoms with Gasteiger partial charge in [-0.15, -0.1) is 0 Å². The third kappa shape index (κ3) is 1.43. The van der Waals surface area contributed by atoms with E-state index in [1.807, 2.05) is 6.07 Å². The van der Waals surface area contributed by atoms with Crippen LogP contribution < -0.4 is 5.76 Å². The zero-order valence-corrected chi connectivity index (χ0v) is 8.42. The molecular formula is C10H12N2O2. The summed E-state index contributed by atoms with van der Waals surface area (Å²) in [5.74, 6) is -0.460. The predicted octanol–water partition coefficient (Wildman–Crippen LogP) is 1.81. The molecule has 0 spiro atoms. The molecule has 0 aliphatic rings. The first-order chi connectivity index (χ1) is 6.47. The molecule has 14 heavy (non-hydrogen) atoms. The Kier molecular flexibility index (Phi) is 1.74. The second kappa shape index (κ2) is 2.70. The van der Waals surface area contributed by atoms with Gasteiger partial charge in [0.15, 0.2) is 11.2 Å². The normalized spacial score (nSPS) is 12.2. The molecule has 2 aromatic rings. The Balaban J connectivity index is 2.67. The van der Waals surface area contributed by atoms with Gasteiger partial charge in [-0.25, -0.2) is 9.78 Å².